The number of nitrogens with zero attached hydrogens (tertiary/aromatic N) is 3. The fraction of sp³-hybridized carbons (Fsp3) is 0. The zero-order valence-corrected chi connectivity index (χ0v) is 10.2. The van der Waals surface area contributed by atoms with E-state index in [1.54, 1.807) is 6.07 Å². The van der Waals surface area contributed by atoms with Gasteiger partial charge in [-0.05, 0) is 18.2 Å². The molecule has 8 heteroatoms. The predicted molar refractivity (Wildman–Crippen MR) is 64.0 cm³/mol. The maximum Gasteiger partial charge on any atom is 0.263 e. The van der Waals surface area contributed by atoms with E-state index in [1.165, 1.54) is 24.4 Å². The molecule has 0 aliphatic carbocycles. The SMILES string of the molecule is N#Cc1ccc(S(=O)(=O)Nc2ccncc2F)cn1. The van der Waals surface area contributed by atoms with E-state index >= 15 is 0 Å². The lowest BCUT2D eigenvalue weighted by Crippen LogP contribution is -2.14. The van der Waals surface area contributed by atoms with Crippen LogP contribution < -0.4 is 4.72 Å². The van der Waals surface area contributed by atoms with Crippen molar-refractivity contribution in [3.8, 4) is 6.07 Å². The van der Waals surface area contributed by atoms with Crippen LogP contribution in [0.3, 0.4) is 0 Å². The Kier molecular flexibility index (Phi) is 3.39. The van der Waals surface area contributed by atoms with Gasteiger partial charge in [0, 0.05) is 12.4 Å². The topological polar surface area (TPSA) is 95.7 Å². The average molecular weight is 278 g/mol. The number of sulfonamides is 1. The summed E-state index contributed by atoms with van der Waals surface area (Å²) in [5.41, 5.74) is -0.117. The van der Waals surface area contributed by atoms with Crippen molar-refractivity contribution in [3.63, 3.8) is 0 Å². The maximum absolute atomic E-state index is 13.3. The van der Waals surface area contributed by atoms with Crippen LogP contribution in [-0.2, 0) is 10.0 Å². The van der Waals surface area contributed by atoms with Crippen molar-refractivity contribution in [2.75, 3.05) is 4.72 Å². The molecule has 0 fully saturated rings. The predicted octanol–water partition coefficient (Wildman–Crippen LogP) is 1.29. The molecule has 0 aromatic carbocycles. The lowest BCUT2D eigenvalue weighted by atomic mass is 10.4. The molecule has 0 unspecified atom stereocenters. The van der Waals surface area contributed by atoms with Crippen molar-refractivity contribution in [2.45, 2.75) is 4.90 Å². The Labute approximate surface area is 108 Å². The molecule has 6 nitrogen and oxygen atoms in total. The van der Waals surface area contributed by atoms with Crippen LogP contribution in [0.5, 0.6) is 0 Å². The van der Waals surface area contributed by atoms with Crippen LogP contribution in [0.25, 0.3) is 0 Å². The van der Waals surface area contributed by atoms with Crippen LogP contribution in [0.2, 0.25) is 0 Å². The standard InChI is InChI=1S/C11H7FN4O2S/c12-10-7-14-4-3-11(10)16-19(17,18)9-2-1-8(5-13)15-6-9/h1-4,6-7H,(H,14,16). The van der Waals surface area contributed by atoms with Crippen LogP contribution in [0.4, 0.5) is 10.1 Å². The largest absolute Gasteiger partial charge is 0.276 e. The molecule has 2 heterocycles. The van der Waals surface area contributed by atoms with Gasteiger partial charge < -0.3 is 0 Å². The van der Waals surface area contributed by atoms with Crippen LogP contribution in [0, 0.1) is 17.1 Å². The minimum absolute atomic E-state index is 0.0917. The van der Waals surface area contributed by atoms with Gasteiger partial charge in [0.25, 0.3) is 10.0 Å². The highest BCUT2D eigenvalue weighted by Crippen LogP contribution is 2.17. The van der Waals surface area contributed by atoms with Crippen LogP contribution >= 0.6 is 0 Å². The van der Waals surface area contributed by atoms with Crippen molar-refractivity contribution in [1.29, 1.82) is 5.26 Å². The van der Waals surface area contributed by atoms with Crippen molar-refractivity contribution in [1.82, 2.24) is 9.97 Å². The quantitative estimate of drug-likeness (QED) is 0.912. The monoisotopic (exact) mass is 278 g/mol. The Morgan fingerprint density at radius 3 is 2.63 bits per heavy atom. The first-order valence-corrected chi connectivity index (χ1v) is 6.50. The van der Waals surface area contributed by atoms with Crippen LogP contribution in [0.1, 0.15) is 5.69 Å². The first-order valence-electron chi connectivity index (χ1n) is 5.01. The molecule has 0 spiro atoms. The number of hydrogen-bond acceptors (Lipinski definition) is 5. The summed E-state index contributed by atoms with van der Waals surface area (Å²) in [6, 6.07) is 5.44. The summed E-state index contributed by atoms with van der Waals surface area (Å²) in [5, 5.41) is 8.57. The Balaban J connectivity index is 2.33. The summed E-state index contributed by atoms with van der Waals surface area (Å²) < 4.78 is 39.2. The third kappa shape index (κ3) is 2.83. The van der Waals surface area contributed by atoms with Gasteiger partial charge in [0.2, 0.25) is 0 Å². The molecule has 0 saturated heterocycles. The van der Waals surface area contributed by atoms with E-state index < -0.39 is 15.8 Å². The van der Waals surface area contributed by atoms with Gasteiger partial charge in [0.1, 0.15) is 16.7 Å². The molecule has 0 aliphatic rings. The first-order chi connectivity index (χ1) is 9.03. The van der Waals surface area contributed by atoms with E-state index in [4.69, 9.17) is 5.26 Å². The van der Waals surface area contributed by atoms with Gasteiger partial charge >= 0.3 is 0 Å². The van der Waals surface area contributed by atoms with E-state index in [2.05, 4.69) is 14.7 Å². The molecule has 0 atom stereocenters. The van der Waals surface area contributed by atoms with Gasteiger partial charge in [0.05, 0.1) is 11.9 Å². The smallest absolute Gasteiger partial charge is 0.263 e. The fourth-order valence-corrected chi connectivity index (χ4v) is 2.28. The lowest BCUT2D eigenvalue weighted by molar-refractivity contribution is 0.597. The first kappa shape index (κ1) is 12.9. The van der Waals surface area contributed by atoms with Gasteiger partial charge in [-0.1, -0.05) is 0 Å². The minimum Gasteiger partial charge on any atom is -0.276 e. The number of rotatable bonds is 3. The second kappa shape index (κ2) is 4.99. The Morgan fingerprint density at radius 1 is 1.26 bits per heavy atom. The third-order valence-corrected chi connectivity index (χ3v) is 3.53. The molecule has 96 valence electrons. The van der Waals surface area contributed by atoms with Gasteiger partial charge in [-0.2, -0.15) is 5.26 Å². The van der Waals surface area contributed by atoms with E-state index in [-0.39, 0.29) is 16.3 Å². The van der Waals surface area contributed by atoms with Crippen LogP contribution in [-0.4, -0.2) is 18.4 Å². The zero-order valence-electron chi connectivity index (χ0n) is 9.41. The molecule has 0 bridgehead atoms. The molecular weight excluding hydrogens is 271 g/mol. The number of pyridine rings is 2. The van der Waals surface area contributed by atoms with Gasteiger partial charge in [-0.15, -0.1) is 0 Å². The summed E-state index contributed by atoms with van der Waals surface area (Å²) in [5.74, 6) is -0.785. The molecule has 0 saturated carbocycles. The number of anilines is 1. The fourth-order valence-electron chi connectivity index (χ4n) is 1.27. The molecule has 2 aromatic heterocycles. The number of halogens is 1. The molecule has 2 rings (SSSR count). The Hall–Kier alpha value is -2.53. The molecule has 0 aliphatic heterocycles. The summed E-state index contributed by atoms with van der Waals surface area (Å²) >= 11 is 0. The number of aromatic nitrogens is 2. The second-order valence-electron chi connectivity index (χ2n) is 3.45. The molecule has 2 aromatic rings. The lowest BCUT2D eigenvalue weighted by Gasteiger charge is -2.07. The maximum atomic E-state index is 13.3. The highest BCUT2D eigenvalue weighted by molar-refractivity contribution is 7.92. The molecular formula is C11H7FN4O2S. The van der Waals surface area contributed by atoms with Crippen molar-refractivity contribution in [3.05, 3.63) is 48.3 Å². The highest BCUT2D eigenvalue weighted by atomic mass is 32.2. The third-order valence-electron chi connectivity index (χ3n) is 2.18. The Morgan fingerprint density at radius 2 is 2.05 bits per heavy atom. The minimum atomic E-state index is -3.95. The normalized spacial score (nSPS) is 10.7. The molecule has 0 radical (unpaired) electrons. The highest BCUT2D eigenvalue weighted by Gasteiger charge is 2.16. The Bertz CT molecular complexity index is 738. The number of nitriles is 1. The molecule has 1 N–H and O–H groups in total. The van der Waals surface area contributed by atoms with Gasteiger partial charge in [0.15, 0.2) is 5.82 Å². The zero-order chi connectivity index (χ0) is 13.9. The summed E-state index contributed by atoms with van der Waals surface area (Å²) in [6.45, 7) is 0. The summed E-state index contributed by atoms with van der Waals surface area (Å²) in [6.07, 6.45) is 3.19. The van der Waals surface area contributed by atoms with Gasteiger partial charge in [-0.3, -0.25) is 9.71 Å². The average Bonchev–Trinajstić information content (AvgIpc) is 2.41. The molecule has 0 amide bonds. The van der Waals surface area contributed by atoms with Gasteiger partial charge in [-0.25, -0.2) is 17.8 Å². The van der Waals surface area contributed by atoms with E-state index in [0.717, 1.165) is 12.4 Å². The van der Waals surface area contributed by atoms with Crippen molar-refractivity contribution < 1.29 is 12.8 Å². The van der Waals surface area contributed by atoms with Crippen LogP contribution in [0.15, 0.2) is 41.7 Å². The molecule has 19 heavy (non-hydrogen) atoms. The summed E-state index contributed by atoms with van der Waals surface area (Å²) in [7, 11) is -3.95. The number of nitrogens with one attached hydrogen (secondary N) is 1. The van der Waals surface area contributed by atoms with Crippen molar-refractivity contribution >= 4 is 15.7 Å². The van der Waals surface area contributed by atoms with E-state index in [9.17, 15) is 12.8 Å². The van der Waals surface area contributed by atoms with E-state index in [0.29, 0.717) is 0 Å². The number of hydrogen-bond donors (Lipinski definition) is 1. The van der Waals surface area contributed by atoms with E-state index in [1.807, 2.05) is 0 Å². The second-order valence-corrected chi connectivity index (χ2v) is 5.13. The van der Waals surface area contributed by atoms with Crippen molar-refractivity contribution in [2.24, 2.45) is 0 Å². The summed E-state index contributed by atoms with van der Waals surface area (Å²) in [4.78, 5) is 6.99.